The largest absolute Gasteiger partial charge is 0.482 e. The van der Waals surface area contributed by atoms with Crippen LogP contribution >= 0.6 is 0 Å². The number of aryl methyl sites for hydroxylation is 1. The molecule has 0 fully saturated rings. The smallest absolute Gasteiger partial charge is 0.341 e. The maximum atomic E-state index is 10.2. The van der Waals surface area contributed by atoms with Crippen molar-refractivity contribution in [2.75, 3.05) is 6.61 Å². The summed E-state index contributed by atoms with van der Waals surface area (Å²) in [5.74, 6) is 2.04. The minimum atomic E-state index is -0.997. The van der Waals surface area contributed by atoms with Crippen LogP contribution in [0.15, 0.2) is 18.2 Å². The molecular weight excluding hydrogens is 180 g/mol. The van der Waals surface area contributed by atoms with Crippen molar-refractivity contribution in [2.45, 2.75) is 6.92 Å². The third-order valence-electron chi connectivity index (χ3n) is 1.72. The Bertz CT molecular complexity index is 388. The molecule has 0 unspecified atom stereocenters. The maximum Gasteiger partial charge on any atom is 0.341 e. The predicted octanol–water partition coefficient (Wildman–Crippen LogP) is 1.44. The molecule has 0 spiro atoms. The molecule has 1 aromatic carbocycles. The molecule has 3 nitrogen and oxygen atoms in total. The van der Waals surface area contributed by atoms with Gasteiger partial charge in [-0.2, -0.15) is 0 Å². The molecule has 0 aliphatic rings. The van der Waals surface area contributed by atoms with Crippen LogP contribution in [0.5, 0.6) is 5.75 Å². The number of rotatable bonds is 3. The van der Waals surface area contributed by atoms with Gasteiger partial charge in [0.05, 0.1) is 0 Å². The van der Waals surface area contributed by atoms with Crippen molar-refractivity contribution >= 4 is 5.97 Å². The van der Waals surface area contributed by atoms with Crippen LogP contribution in [0.25, 0.3) is 0 Å². The van der Waals surface area contributed by atoms with E-state index in [1.165, 1.54) is 0 Å². The van der Waals surface area contributed by atoms with Crippen LogP contribution < -0.4 is 4.74 Å². The third kappa shape index (κ3) is 2.53. The van der Waals surface area contributed by atoms with Gasteiger partial charge in [-0.3, -0.25) is 0 Å². The van der Waals surface area contributed by atoms with Crippen LogP contribution in [0.3, 0.4) is 0 Å². The molecule has 14 heavy (non-hydrogen) atoms. The zero-order chi connectivity index (χ0) is 10.6. The Morgan fingerprint density at radius 2 is 2.36 bits per heavy atom. The highest BCUT2D eigenvalue weighted by molar-refractivity contribution is 5.68. The number of carboxylic acids is 1. The van der Waals surface area contributed by atoms with Crippen molar-refractivity contribution in [2.24, 2.45) is 0 Å². The lowest BCUT2D eigenvalue weighted by Gasteiger charge is -2.04. The normalized spacial score (nSPS) is 9.14. The lowest BCUT2D eigenvalue weighted by molar-refractivity contribution is -0.139. The number of terminal acetylenes is 1. The highest BCUT2D eigenvalue weighted by atomic mass is 16.5. The van der Waals surface area contributed by atoms with Crippen LogP contribution in [0.1, 0.15) is 11.1 Å². The molecule has 0 aliphatic carbocycles. The quantitative estimate of drug-likeness (QED) is 0.733. The summed E-state index contributed by atoms with van der Waals surface area (Å²) >= 11 is 0. The van der Waals surface area contributed by atoms with E-state index in [1.807, 2.05) is 6.92 Å². The van der Waals surface area contributed by atoms with Crippen molar-refractivity contribution in [1.29, 1.82) is 0 Å². The number of carboxylic acid groups (broad SMARTS) is 1. The maximum absolute atomic E-state index is 10.2. The summed E-state index contributed by atoms with van der Waals surface area (Å²) in [6.45, 7) is 1.51. The second-order valence-corrected chi connectivity index (χ2v) is 2.80. The molecule has 0 atom stereocenters. The summed E-state index contributed by atoms with van der Waals surface area (Å²) in [5.41, 5.74) is 1.68. The first-order valence-corrected chi connectivity index (χ1v) is 4.05. The van der Waals surface area contributed by atoms with E-state index in [0.717, 1.165) is 11.1 Å². The molecule has 72 valence electrons. The summed E-state index contributed by atoms with van der Waals surface area (Å²) in [6.07, 6.45) is 5.24. The summed E-state index contributed by atoms with van der Waals surface area (Å²) in [4.78, 5) is 10.2. The van der Waals surface area contributed by atoms with Crippen molar-refractivity contribution in [1.82, 2.24) is 0 Å². The Morgan fingerprint density at radius 3 is 2.86 bits per heavy atom. The van der Waals surface area contributed by atoms with Gasteiger partial charge in [0.2, 0.25) is 0 Å². The van der Waals surface area contributed by atoms with Gasteiger partial charge in [-0.05, 0) is 30.7 Å². The number of hydrogen-bond donors (Lipinski definition) is 1. The molecule has 1 rings (SSSR count). The third-order valence-corrected chi connectivity index (χ3v) is 1.72. The van der Waals surface area contributed by atoms with E-state index < -0.39 is 5.97 Å². The van der Waals surface area contributed by atoms with Gasteiger partial charge in [0.1, 0.15) is 5.75 Å². The molecule has 0 amide bonds. The molecule has 0 aliphatic heterocycles. The van der Waals surface area contributed by atoms with Crippen LogP contribution in [-0.4, -0.2) is 17.7 Å². The Morgan fingerprint density at radius 1 is 1.64 bits per heavy atom. The van der Waals surface area contributed by atoms with E-state index in [9.17, 15) is 4.79 Å². The average molecular weight is 190 g/mol. The molecule has 0 aromatic heterocycles. The lowest BCUT2D eigenvalue weighted by atomic mass is 10.1. The minimum absolute atomic E-state index is 0.338. The predicted molar refractivity (Wildman–Crippen MR) is 52.2 cm³/mol. The number of hydrogen-bond acceptors (Lipinski definition) is 2. The van der Waals surface area contributed by atoms with Gasteiger partial charge in [0, 0.05) is 5.56 Å². The van der Waals surface area contributed by atoms with E-state index in [1.54, 1.807) is 18.2 Å². The summed E-state index contributed by atoms with van der Waals surface area (Å²) in [5, 5.41) is 8.39. The Labute approximate surface area is 82.3 Å². The molecule has 0 saturated heterocycles. The second kappa shape index (κ2) is 4.33. The second-order valence-electron chi connectivity index (χ2n) is 2.80. The first-order valence-electron chi connectivity index (χ1n) is 4.05. The number of carbonyl (C=O) groups is 1. The average Bonchev–Trinajstić information content (AvgIpc) is 2.15. The standard InChI is InChI=1S/C11H10O3/c1-3-9-4-5-10(6-8(9)2)14-7-11(12)13/h1,4-6H,7H2,2H3,(H,12,13). The van der Waals surface area contributed by atoms with Gasteiger partial charge < -0.3 is 9.84 Å². The van der Waals surface area contributed by atoms with E-state index in [2.05, 4.69) is 5.92 Å². The Kier molecular flexibility index (Phi) is 3.14. The Balaban J connectivity index is 2.77. The van der Waals surface area contributed by atoms with Crippen molar-refractivity contribution in [3.8, 4) is 18.1 Å². The topological polar surface area (TPSA) is 46.5 Å². The molecular formula is C11H10O3. The van der Waals surface area contributed by atoms with Gasteiger partial charge in [-0.1, -0.05) is 5.92 Å². The first-order chi connectivity index (χ1) is 6.63. The van der Waals surface area contributed by atoms with Crippen LogP contribution in [0.4, 0.5) is 0 Å². The van der Waals surface area contributed by atoms with Crippen LogP contribution in [-0.2, 0) is 4.79 Å². The van der Waals surface area contributed by atoms with Gasteiger partial charge >= 0.3 is 5.97 Å². The molecule has 1 aromatic rings. The lowest BCUT2D eigenvalue weighted by Crippen LogP contribution is -2.09. The molecule has 1 N–H and O–H groups in total. The molecule has 0 radical (unpaired) electrons. The monoisotopic (exact) mass is 190 g/mol. The Hall–Kier alpha value is -1.95. The van der Waals surface area contributed by atoms with Gasteiger partial charge in [0.15, 0.2) is 6.61 Å². The SMILES string of the molecule is C#Cc1ccc(OCC(=O)O)cc1C. The van der Waals surface area contributed by atoms with Gasteiger partial charge in [0.25, 0.3) is 0 Å². The number of benzene rings is 1. The molecule has 0 bridgehead atoms. The zero-order valence-electron chi connectivity index (χ0n) is 7.78. The fraction of sp³-hybridized carbons (Fsp3) is 0.182. The van der Waals surface area contributed by atoms with Crippen LogP contribution in [0, 0.1) is 19.3 Å². The van der Waals surface area contributed by atoms with Crippen LogP contribution in [0.2, 0.25) is 0 Å². The highest BCUT2D eigenvalue weighted by Gasteiger charge is 2.01. The van der Waals surface area contributed by atoms with Crippen molar-refractivity contribution in [3.63, 3.8) is 0 Å². The number of aliphatic carboxylic acids is 1. The summed E-state index contributed by atoms with van der Waals surface area (Å²) in [7, 11) is 0. The van der Waals surface area contributed by atoms with E-state index >= 15 is 0 Å². The van der Waals surface area contributed by atoms with Crippen molar-refractivity contribution < 1.29 is 14.6 Å². The van der Waals surface area contributed by atoms with Gasteiger partial charge in [-0.25, -0.2) is 4.79 Å². The zero-order valence-corrected chi connectivity index (χ0v) is 7.78. The molecule has 0 heterocycles. The first kappa shape index (κ1) is 10.1. The fourth-order valence-corrected chi connectivity index (χ4v) is 1.03. The summed E-state index contributed by atoms with van der Waals surface area (Å²) in [6, 6.07) is 5.11. The van der Waals surface area contributed by atoms with E-state index in [0.29, 0.717) is 5.75 Å². The van der Waals surface area contributed by atoms with Gasteiger partial charge in [-0.15, -0.1) is 6.42 Å². The highest BCUT2D eigenvalue weighted by Crippen LogP contribution is 2.16. The van der Waals surface area contributed by atoms with E-state index in [-0.39, 0.29) is 6.61 Å². The minimum Gasteiger partial charge on any atom is -0.482 e. The molecule has 0 saturated carbocycles. The summed E-state index contributed by atoms with van der Waals surface area (Å²) < 4.78 is 4.98. The van der Waals surface area contributed by atoms with Crippen molar-refractivity contribution in [3.05, 3.63) is 29.3 Å². The number of ether oxygens (including phenoxy) is 1. The fourth-order valence-electron chi connectivity index (χ4n) is 1.03. The van der Waals surface area contributed by atoms with E-state index in [4.69, 9.17) is 16.3 Å². The molecule has 3 heteroatoms.